The van der Waals surface area contributed by atoms with Crippen LogP contribution in [0.25, 0.3) is 10.6 Å². The molecule has 1 amide bonds. The fraction of sp³-hybridized carbons (Fsp3) is 0.200. The second kappa shape index (κ2) is 7.98. The zero-order valence-electron chi connectivity index (χ0n) is 14.4. The Morgan fingerprint density at radius 3 is 2.85 bits per heavy atom. The minimum absolute atomic E-state index is 0.0917. The van der Waals surface area contributed by atoms with Crippen LogP contribution in [0.2, 0.25) is 5.02 Å². The number of hydrogen-bond donors (Lipinski definition) is 1. The van der Waals surface area contributed by atoms with E-state index in [2.05, 4.69) is 10.3 Å². The molecule has 0 unspecified atom stereocenters. The maximum atomic E-state index is 12.3. The molecule has 2 heterocycles. The van der Waals surface area contributed by atoms with Gasteiger partial charge in [-0.25, -0.2) is 4.98 Å². The molecule has 5 nitrogen and oxygen atoms in total. The number of ether oxygens (including phenoxy) is 2. The minimum atomic E-state index is -0.0917. The van der Waals surface area contributed by atoms with E-state index in [1.165, 1.54) is 11.3 Å². The van der Waals surface area contributed by atoms with Gasteiger partial charge in [-0.05, 0) is 17.7 Å². The van der Waals surface area contributed by atoms with Crippen molar-refractivity contribution < 1.29 is 14.3 Å². The van der Waals surface area contributed by atoms with E-state index in [1.807, 2.05) is 41.8 Å². The highest BCUT2D eigenvalue weighted by Gasteiger charge is 2.17. The van der Waals surface area contributed by atoms with Crippen LogP contribution in [0.1, 0.15) is 11.3 Å². The van der Waals surface area contributed by atoms with Crippen LogP contribution in [0.3, 0.4) is 0 Å². The van der Waals surface area contributed by atoms with E-state index < -0.39 is 0 Å². The Labute approximate surface area is 165 Å². The van der Waals surface area contributed by atoms with Crippen LogP contribution in [0.4, 0.5) is 0 Å². The predicted molar refractivity (Wildman–Crippen MR) is 106 cm³/mol. The lowest BCUT2D eigenvalue weighted by atomic mass is 10.2. The molecule has 0 saturated carbocycles. The van der Waals surface area contributed by atoms with E-state index >= 15 is 0 Å². The summed E-state index contributed by atoms with van der Waals surface area (Å²) in [6.45, 7) is 1.35. The van der Waals surface area contributed by atoms with Gasteiger partial charge in [-0.2, -0.15) is 0 Å². The molecule has 0 fully saturated rings. The van der Waals surface area contributed by atoms with Crippen molar-refractivity contribution in [2.24, 2.45) is 0 Å². The molecule has 0 bridgehead atoms. The first-order valence-corrected chi connectivity index (χ1v) is 9.79. The summed E-state index contributed by atoms with van der Waals surface area (Å²) in [5, 5.41) is 6.22. The van der Waals surface area contributed by atoms with Crippen molar-refractivity contribution in [2.75, 3.05) is 13.2 Å². The van der Waals surface area contributed by atoms with Gasteiger partial charge in [0.15, 0.2) is 11.5 Å². The molecule has 1 aliphatic heterocycles. The minimum Gasteiger partial charge on any atom is -0.486 e. The standard InChI is InChI=1S/C20H17ClN2O3S/c21-16-8-13(9-17-19(16)26-7-6-25-17)11-22-18(24)10-15-12-27-20(23-15)14-4-2-1-3-5-14/h1-5,8-9,12H,6-7,10-11H2,(H,22,24). The molecular weight excluding hydrogens is 384 g/mol. The maximum absolute atomic E-state index is 12.3. The van der Waals surface area contributed by atoms with Gasteiger partial charge in [0.25, 0.3) is 0 Å². The Morgan fingerprint density at radius 2 is 2.00 bits per heavy atom. The highest BCUT2D eigenvalue weighted by atomic mass is 35.5. The van der Waals surface area contributed by atoms with Crippen LogP contribution in [0.15, 0.2) is 47.8 Å². The van der Waals surface area contributed by atoms with Crippen molar-refractivity contribution in [2.45, 2.75) is 13.0 Å². The number of carbonyl (C=O) groups excluding carboxylic acids is 1. The molecule has 138 valence electrons. The molecule has 0 aliphatic carbocycles. The highest BCUT2D eigenvalue weighted by Crippen LogP contribution is 2.38. The average molecular weight is 401 g/mol. The largest absolute Gasteiger partial charge is 0.486 e. The maximum Gasteiger partial charge on any atom is 0.226 e. The second-order valence-electron chi connectivity index (χ2n) is 6.07. The van der Waals surface area contributed by atoms with Gasteiger partial charge in [-0.1, -0.05) is 41.9 Å². The number of fused-ring (bicyclic) bond motifs is 1. The van der Waals surface area contributed by atoms with Crippen LogP contribution in [0.5, 0.6) is 11.5 Å². The summed E-state index contributed by atoms with van der Waals surface area (Å²) in [6.07, 6.45) is 0.238. The van der Waals surface area contributed by atoms with E-state index in [0.717, 1.165) is 21.8 Å². The summed E-state index contributed by atoms with van der Waals surface area (Å²) >= 11 is 7.76. The van der Waals surface area contributed by atoms with E-state index in [4.69, 9.17) is 21.1 Å². The zero-order valence-corrected chi connectivity index (χ0v) is 16.0. The van der Waals surface area contributed by atoms with Crippen LogP contribution in [0, 0.1) is 0 Å². The van der Waals surface area contributed by atoms with Gasteiger partial charge in [0.2, 0.25) is 5.91 Å². The topological polar surface area (TPSA) is 60.5 Å². The van der Waals surface area contributed by atoms with Gasteiger partial charge < -0.3 is 14.8 Å². The Bertz CT molecular complexity index is 959. The van der Waals surface area contributed by atoms with E-state index in [9.17, 15) is 4.79 Å². The molecule has 3 aromatic rings. The molecule has 4 rings (SSSR count). The number of hydrogen-bond acceptors (Lipinski definition) is 5. The third-order valence-electron chi connectivity index (χ3n) is 4.06. The first-order chi connectivity index (χ1) is 13.2. The highest BCUT2D eigenvalue weighted by molar-refractivity contribution is 7.13. The molecule has 0 saturated heterocycles. The van der Waals surface area contributed by atoms with Gasteiger partial charge in [0, 0.05) is 17.5 Å². The smallest absolute Gasteiger partial charge is 0.226 e. The van der Waals surface area contributed by atoms with E-state index in [1.54, 1.807) is 6.07 Å². The Morgan fingerprint density at radius 1 is 1.19 bits per heavy atom. The van der Waals surface area contributed by atoms with Gasteiger partial charge in [-0.15, -0.1) is 11.3 Å². The zero-order chi connectivity index (χ0) is 18.6. The van der Waals surface area contributed by atoms with Crippen molar-refractivity contribution in [3.8, 4) is 22.1 Å². The average Bonchev–Trinajstić information content (AvgIpc) is 3.16. The van der Waals surface area contributed by atoms with Crippen molar-refractivity contribution in [3.63, 3.8) is 0 Å². The fourth-order valence-corrected chi connectivity index (χ4v) is 3.91. The molecule has 1 aliphatic rings. The monoisotopic (exact) mass is 400 g/mol. The van der Waals surface area contributed by atoms with Crippen LogP contribution in [-0.2, 0) is 17.8 Å². The first kappa shape index (κ1) is 17.8. The number of rotatable bonds is 5. The summed E-state index contributed by atoms with van der Waals surface area (Å²) in [6, 6.07) is 13.6. The van der Waals surface area contributed by atoms with Crippen LogP contribution in [-0.4, -0.2) is 24.1 Å². The number of aromatic nitrogens is 1. The van der Waals surface area contributed by atoms with E-state index in [0.29, 0.717) is 36.3 Å². The summed E-state index contributed by atoms with van der Waals surface area (Å²) in [4.78, 5) is 16.8. The predicted octanol–water partition coefficient (Wildman–Crippen LogP) is 4.09. The van der Waals surface area contributed by atoms with Gasteiger partial charge in [-0.3, -0.25) is 4.79 Å². The molecule has 0 spiro atoms. The van der Waals surface area contributed by atoms with Gasteiger partial charge in [0.05, 0.1) is 17.1 Å². The summed E-state index contributed by atoms with van der Waals surface area (Å²) < 4.78 is 11.1. The van der Waals surface area contributed by atoms with Crippen LogP contribution < -0.4 is 14.8 Å². The molecule has 1 aromatic heterocycles. The summed E-state index contributed by atoms with van der Waals surface area (Å²) in [5.41, 5.74) is 2.68. The van der Waals surface area contributed by atoms with Crippen molar-refractivity contribution >= 4 is 28.8 Å². The number of amides is 1. The van der Waals surface area contributed by atoms with Crippen molar-refractivity contribution in [3.05, 3.63) is 64.1 Å². The second-order valence-corrected chi connectivity index (χ2v) is 7.33. The number of nitrogens with one attached hydrogen (secondary N) is 1. The molecule has 2 aromatic carbocycles. The van der Waals surface area contributed by atoms with Crippen molar-refractivity contribution in [1.29, 1.82) is 0 Å². The number of halogens is 1. The van der Waals surface area contributed by atoms with E-state index in [-0.39, 0.29) is 12.3 Å². The molecule has 1 N–H and O–H groups in total. The fourth-order valence-electron chi connectivity index (χ4n) is 2.80. The molecule has 0 radical (unpaired) electrons. The normalized spacial score (nSPS) is 12.6. The first-order valence-electron chi connectivity index (χ1n) is 8.53. The number of benzene rings is 2. The summed E-state index contributed by atoms with van der Waals surface area (Å²) in [5.74, 6) is 1.09. The lowest BCUT2D eigenvalue weighted by molar-refractivity contribution is -0.120. The van der Waals surface area contributed by atoms with Crippen LogP contribution >= 0.6 is 22.9 Å². The Hall–Kier alpha value is -2.57. The summed E-state index contributed by atoms with van der Waals surface area (Å²) in [7, 11) is 0. The molecular formula is C20H17ClN2O3S. The lowest BCUT2D eigenvalue weighted by Gasteiger charge is -2.20. The van der Waals surface area contributed by atoms with Gasteiger partial charge >= 0.3 is 0 Å². The third-order valence-corrected chi connectivity index (χ3v) is 5.28. The Kier molecular flexibility index (Phi) is 5.27. The van der Waals surface area contributed by atoms with Crippen molar-refractivity contribution in [1.82, 2.24) is 10.3 Å². The number of thiazole rings is 1. The molecule has 0 atom stereocenters. The third kappa shape index (κ3) is 4.23. The Balaban J connectivity index is 1.36. The quantitative estimate of drug-likeness (QED) is 0.700. The molecule has 7 heteroatoms. The number of nitrogens with zero attached hydrogens (tertiary/aromatic N) is 1. The van der Waals surface area contributed by atoms with Gasteiger partial charge in [0.1, 0.15) is 18.2 Å². The molecule has 27 heavy (non-hydrogen) atoms. The SMILES string of the molecule is O=C(Cc1csc(-c2ccccc2)n1)NCc1cc(Cl)c2c(c1)OCCO2. The number of carbonyl (C=O) groups is 1. The lowest BCUT2D eigenvalue weighted by Crippen LogP contribution is -2.25.